The SMILES string of the molecule is Nc1cn(-c2ccncc2)nc1-c1ccc(F)cn1. The lowest BCUT2D eigenvalue weighted by Crippen LogP contribution is -1.95. The molecule has 0 atom stereocenters. The molecule has 3 aromatic heterocycles. The molecule has 0 aromatic carbocycles. The Labute approximate surface area is 108 Å². The smallest absolute Gasteiger partial charge is 0.141 e. The summed E-state index contributed by atoms with van der Waals surface area (Å²) in [5, 5.41) is 4.36. The van der Waals surface area contributed by atoms with Gasteiger partial charge in [-0.1, -0.05) is 0 Å². The van der Waals surface area contributed by atoms with Crippen molar-refractivity contribution >= 4 is 5.69 Å². The maximum Gasteiger partial charge on any atom is 0.141 e. The summed E-state index contributed by atoms with van der Waals surface area (Å²) in [6.07, 6.45) is 6.17. The van der Waals surface area contributed by atoms with Crippen LogP contribution in [0.2, 0.25) is 0 Å². The highest BCUT2D eigenvalue weighted by atomic mass is 19.1. The Morgan fingerprint density at radius 1 is 1.11 bits per heavy atom. The van der Waals surface area contributed by atoms with Crippen LogP contribution in [0.3, 0.4) is 0 Å². The molecule has 0 aliphatic heterocycles. The van der Waals surface area contributed by atoms with Crippen LogP contribution in [-0.4, -0.2) is 19.7 Å². The number of halogens is 1. The third kappa shape index (κ3) is 2.15. The molecule has 0 spiro atoms. The van der Waals surface area contributed by atoms with Crippen molar-refractivity contribution in [3.8, 4) is 17.1 Å². The average molecular weight is 255 g/mol. The Hall–Kier alpha value is -2.76. The molecule has 94 valence electrons. The normalized spacial score (nSPS) is 10.6. The first-order valence-corrected chi connectivity index (χ1v) is 5.61. The number of hydrogen-bond donors (Lipinski definition) is 1. The molecule has 3 aromatic rings. The van der Waals surface area contributed by atoms with Gasteiger partial charge in [0.25, 0.3) is 0 Å². The summed E-state index contributed by atoms with van der Waals surface area (Å²) in [6.45, 7) is 0. The van der Waals surface area contributed by atoms with Gasteiger partial charge in [-0.15, -0.1) is 0 Å². The van der Waals surface area contributed by atoms with Crippen molar-refractivity contribution < 1.29 is 4.39 Å². The number of nitrogens with two attached hydrogens (primary N) is 1. The molecule has 3 rings (SSSR count). The lowest BCUT2D eigenvalue weighted by Gasteiger charge is -1.99. The predicted molar refractivity (Wildman–Crippen MR) is 69.0 cm³/mol. The van der Waals surface area contributed by atoms with Crippen LogP contribution in [0.5, 0.6) is 0 Å². The van der Waals surface area contributed by atoms with Gasteiger partial charge in [0.15, 0.2) is 0 Å². The van der Waals surface area contributed by atoms with E-state index in [1.54, 1.807) is 29.3 Å². The van der Waals surface area contributed by atoms with Crippen LogP contribution in [0.15, 0.2) is 49.1 Å². The Kier molecular flexibility index (Phi) is 2.68. The van der Waals surface area contributed by atoms with Crippen molar-refractivity contribution in [1.82, 2.24) is 19.7 Å². The third-order valence-corrected chi connectivity index (χ3v) is 2.64. The minimum atomic E-state index is -0.393. The zero-order chi connectivity index (χ0) is 13.2. The van der Waals surface area contributed by atoms with Crippen LogP contribution < -0.4 is 5.73 Å². The van der Waals surface area contributed by atoms with Crippen molar-refractivity contribution in [3.63, 3.8) is 0 Å². The second kappa shape index (κ2) is 4.49. The van der Waals surface area contributed by atoms with Gasteiger partial charge < -0.3 is 5.73 Å². The van der Waals surface area contributed by atoms with E-state index >= 15 is 0 Å². The van der Waals surface area contributed by atoms with Gasteiger partial charge in [0.2, 0.25) is 0 Å². The van der Waals surface area contributed by atoms with Gasteiger partial charge in [-0.05, 0) is 24.3 Å². The topological polar surface area (TPSA) is 69.6 Å². The molecule has 0 unspecified atom stereocenters. The number of aromatic nitrogens is 4. The van der Waals surface area contributed by atoms with Gasteiger partial charge >= 0.3 is 0 Å². The van der Waals surface area contributed by atoms with Gasteiger partial charge in [-0.2, -0.15) is 5.10 Å². The molecule has 0 aliphatic rings. The number of nitrogens with zero attached hydrogens (tertiary/aromatic N) is 4. The van der Waals surface area contributed by atoms with E-state index in [2.05, 4.69) is 15.1 Å². The summed E-state index contributed by atoms with van der Waals surface area (Å²) >= 11 is 0. The van der Waals surface area contributed by atoms with E-state index in [4.69, 9.17) is 5.73 Å². The Morgan fingerprint density at radius 3 is 2.58 bits per heavy atom. The standard InChI is InChI=1S/C13H10FN5/c14-9-1-2-12(17-7-9)13-11(15)8-19(18-13)10-3-5-16-6-4-10/h1-8H,15H2. The number of nitrogen functional groups attached to an aromatic ring is 1. The zero-order valence-electron chi connectivity index (χ0n) is 9.86. The molecule has 0 aliphatic carbocycles. The number of anilines is 1. The first kappa shape index (κ1) is 11.3. The van der Waals surface area contributed by atoms with Crippen LogP contribution >= 0.6 is 0 Å². The second-order valence-corrected chi connectivity index (χ2v) is 3.94. The molecule has 6 heteroatoms. The minimum absolute atomic E-state index is 0.393. The number of pyridine rings is 2. The van der Waals surface area contributed by atoms with Crippen molar-refractivity contribution in [2.24, 2.45) is 0 Å². The fourth-order valence-electron chi connectivity index (χ4n) is 1.73. The largest absolute Gasteiger partial charge is 0.396 e. The quantitative estimate of drug-likeness (QED) is 0.760. The van der Waals surface area contributed by atoms with Crippen molar-refractivity contribution in [2.45, 2.75) is 0 Å². The molecule has 0 saturated carbocycles. The maximum absolute atomic E-state index is 12.8. The summed E-state index contributed by atoms with van der Waals surface area (Å²) in [5.41, 5.74) is 8.30. The third-order valence-electron chi connectivity index (χ3n) is 2.64. The highest BCUT2D eigenvalue weighted by Gasteiger charge is 2.10. The molecule has 0 saturated heterocycles. The molecule has 3 heterocycles. The Morgan fingerprint density at radius 2 is 1.89 bits per heavy atom. The molecule has 0 fully saturated rings. The van der Waals surface area contributed by atoms with E-state index in [1.165, 1.54) is 6.07 Å². The van der Waals surface area contributed by atoms with Crippen LogP contribution in [0, 0.1) is 5.82 Å². The van der Waals surface area contributed by atoms with Crippen LogP contribution in [0.4, 0.5) is 10.1 Å². The monoisotopic (exact) mass is 255 g/mol. The van der Waals surface area contributed by atoms with E-state index in [-0.39, 0.29) is 0 Å². The van der Waals surface area contributed by atoms with E-state index in [0.717, 1.165) is 11.9 Å². The first-order chi connectivity index (χ1) is 9.24. The minimum Gasteiger partial charge on any atom is -0.396 e. The molecule has 5 nitrogen and oxygen atoms in total. The average Bonchev–Trinajstić information content (AvgIpc) is 2.83. The molecule has 0 bridgehead atoms. The fraction of sp³-hybridized carbons (Fsp3) is 0. The lowest BCUT2D eigenvalue weighted by molar-refractivity contribution is 0.621. The molecule has 0 radical (unpaired) electrons. The van der Waals surface area contributed by atoms with E-state index in [1.807, 2.05) is 12.1 Å². The van der Waals surface area contributed by atoms with Gasteiger partial charge in [0.1, 0.15) is 11.5 Å². The predicted octanol–water partition coefficient (Wildman–Crippen LogP) is 2.05. The molecular formula is C13H10FN5. The highest BCUT2D eigenvalue weighted by molar-refractivity contribution is 5.69. The van der Waals surface area contributed by atoms with Crippen LogP contribution in [0.1, 0.15) is 0 Å². The van der Waals surface area contributed by atoms with E-state index in [0.29, 0.717) is 17.1 Å². The van der Waals surface area contributed by atoms with E-state index in [9.17, 15) is 4.39 Å². The first-order valence-electron chi connectivity index (χ1n) is 5.61. The summed E-state index contributed by atoms with van der Waals surface area (Å²) in [5.74, 6) is -0.393. The summed E-state index contributed by atoms with van der Waals surface area (Å²) < 4.78 is 14.5. The lowest BCUT2D eigenvalue weighted by atomic mass is 10.2. The Balaban J connectivity index is 2.05. The second-order valence-electron chi connectivity index (χ2n) is 3.94. The molecule has 19 heavy (non-hydrogen) atoms. The number of hydrogen-bond acceptors (Lipinski definition) is 4. The van der Waals surface area contributed by atoms with Crippen molar-refractivity contribution in [3.05, 3.63) is 54.9 Å². The van der Waals surface area contributed by atoms with Gasteiger partial charge in [0, 0.05) is 12.4 Å². The summed E-state index contributed by atoms with van der Waals surface area (Å²) in [4.78, 5) is 7.91. The summed E-state index contributed by atoms with van der Waals surface area (Å²) in [7, 11) is 0. The number of rotatable bonds is 2. The van der Waals surface area contributed by atoms with Crippen molar-refractivity contribution in [2.75, 3.05) is 5.73 Å². The van der Waals surface area contributed by atoms with Gasteiger partial charge in [-0.3, -0.25) is 9.97 Å². The summed E-state index contributed by atoms with van der Waals surface area (Å²) in [6, 6.07) is 6.50. The zero-order valence-corrected chi connectivity index (χ0v) is 9.86. The Bertz CT molecular complexity index is 691. The van der Waals surface area contributed by atoms with Gasteiger partial charge in [-0.25, -0.2) is 9.07 Å². The van der Waals surface area contributed by atoms with Crippen LogP contribution in [-0.2, 0) is 0 Å². The molecule has 0 amide bonds. The van der Waals surface area contributed by atoms with Gasteiger partial charge in [0.05, 0.1) is 29.5 Å². The highest BCUT2D eigenvalue weighted by Crippen LogP contribution is 2.23. The molecule has 2 N–H and O–H groups in total. The van der Waals surface area contributed by atoms with Crippen molar-refractivity contribution in [1.29, 1.82) is 0 Å². The van der Waals surface area contributed by atoms with E-state index < -0.39 is 5.82 Å². The van der Waals surface area contributed by atoms with Crippen LogP contribution in [0.25, 0.3) is 17.1 Å². The maximum atomic E-state index is 12.8. The molecular weight excluding hydrogens is 245 g/mol. The fourth-order valence-corrected chi connectivity index (χ4v) is 1.73.